The highest BCUT2D eigenvalue weighted by Crippen LogP contribution is 2.17. The minimum Gasteiger partial charge on any atom is -0.382 e. The van der Waals surface area contributed by atoms with Crippen molar-refractivity contribution < 1.29 is 0 Å². The normalized spacial score (nSPS) is 15.2. The first kappa shape index (κ1) is 13.8. The summed E-state index contributed by atoms with van der Waals surface area (Å²) in [5.74, 6) is 0.0279. The van der Waals surface area contributed by atoms with Gasteiger partial charge in [-0.15, -0.1) is 0 Å². The molecule has 1 aromatic carbocycles. The summed E-state index contributed by atoms with van der Waals surface area (Å²) in [6.07, 6.45) is 3.93. The zero-order chi connectivity index (χ0) is 14.7. The third kappa shape index (κ3) is 3.28. The highest BCUT2D eigenvalue weighted by Gasteiger charge is 2.14. The van der Waals surface area contributed by atoms with Gasteiger partial charge < -0.3 is 5.73 Å². The molecule has 0 spiro atoms. The van der Waals surface area contributed by atoms with Crippen molar-refractivity contribution in [1.82, 2.24) is 9.88 Å². The molecule has 0 radical (unpaired) electrons. The topological polar surface area (TPSA) is 66.0 Å². The minimum atomic E-state index is 0.0279. The van der Waals surface area contributed by atoms with Gasteiger partial charge in [0.1, 0.15) is 11.5 Å². The number of benzene rings is 1. The molecule has 3 rings (SSSR count). The Morgan fingerprint density at radius 3 is 2.43 bits per heavy atom. The predicted octanol–water partition coefficient (Wildman–Crippen LogP) is 1.97. The first-order valence-corrected chi connectivity index (χ1v) is 7.31. The van der Waals surface area contributed by atoms with Gasteiger partial charge in [0.25, 0.3) is 0 Å². The molecule has 0 saturated heterocycles. The molecule has 2 aromatic rings. The van der Waals surface area contributed by atoms with Crippen molar-refractivity contribution in [3.05, 3.63) is 65.0 Å². The predicted molar refractivity (Wildman–Crippen MR) is 84.4 cm³/mol. The quantitative estimate of drug-likeness (QED) is 0.667. The molecule has 0 amide bonds. The number of amidine groups is 1. The molecule has 108 valence electrons. The van der Waals surface area contributed by atoms with E-state index in [0.29, 0.717) is 5.69 Å². The molecule has 0 fully saturated rings. The van der Waals surface area contributed by atoms with E-state index in [0.717, 1.165) is 32.5 Å². The van der Waals surface area contributed by atoms with E-state index in [1.807, 2.05) is 12.1 Å². The van der Waals surface area contributed by atoms with Crippen LogP contribution in [0.2, 0.25) is 0 Å². The average molecular weight is 280 g/mol. The number of hydrogen-bond acceptors (Lipinski definition) is 3. The van der Waals surface area contributed by atoms with Crippen LogP contribution < -0.4 is 5.73 Å². The summed E-state index contributed by atoms with van der Waals surface area (Å²) in [6, 6.07) is 12.6. The van der Waals surface area contributed by atoms with Crippen LogP contribution in [0.5, 0.6) is 0 Å². The Balaban J connectivity index is 1.70. The molecular weight excluding hydrogens is 260 g/mol. The third-order valence-corrected chi connectivity index (χ3v) is 4.02. The van der Waals surface area contributed by atoms with Gasteiger partial charge in [0.05, 0.1) is 0 Å². The number of pyridine rings is 1. The van der Waals surface area contributed by atoms with E-state index in [1.165, 1.54) is 16.7 Å². The van der Waals surface area contributed by atoms with Gasteiger partial charge in [0, 0.05) is 25.8 Å². The van der Waals surface area contributed by atoms with E-state index < -0.39 is 0 Å². The van der Waals surface area contributed by atoms with Crippen molar-refractivity contribution in [1.29, 1.82) is 5.41 Å². The molecule has 4 heteroatoms. The molecular formula is C17H20N4. The van der Waals surface area contributed by atoms with E-state index in [2.05, 4.69) is 34.1 Å². The van der Waals surface area contributed by atoms with Gasteiger partial charge >= 0.3 is 0 Å². The molecule has 0 atom stereocenters. The van der Waals surface area contributed by atoms with Crippen LogP contribution in [0.15, 0.2) is 42.6 Å². The number of nitrogen functional groups attached to an aromatic ring is 1. The van der Waals surface area contributed by atoms with Gasteiger partial charge in [0.2, 0.25) is 0 Å². The SMILES string of the molecule is N=C(N)c1cc(CN2CCc3ccccc3CC2)ccn1. The largest absolute Gasteiger partial charge is 0.382 e. The van der Waals surface area contributed by atoms with Crippen LogP contribution in [0.1, 0.15) is 22.4 Å². The molecule has 0 unspecified atom stereocenters. The second-order valence-electron chi connectivity index (χ2n) is 5.51. The standard InChI is InChI=1S/C17H20N4/c18-17(19)16-11-13(5-8-20-16)12-21-9-6-14-3-1-2-4-15(14)7-10-21/h1-5,8,11H,6-7,9-10,12H2,(H3,18,19). The Bertz CT molecular complexity index is 624. The molecule has 4 nitrogen and oxygen atoms in total. The van der Waals surface area contributed by atoms with Gasteiger partial charge in [-0.1, -0.05) is 24.3 Å². The molecule has 21 heavy (non-hydrogen) atoms. The highest BCUT2D eigenvalue weighted by atomic mass is 15.1. The smallest absolute Gasteiger partial charge is 0.141 e. The highest BCUT2D eigenvalue weighted by molar-refractivity contribution is 5.93. The molecule has 1 aromatic heterocycles. The Kier molecular flexibility index (Phi) is 3.97. The Hall–Kier alpha value is -2.20. The lowest BCUT2D eigenvalue weighted by atomic mass is 10.0. The Morgan fingerprint density at radius 1 is 1.14 bits per heavy atom. The van der Waals surface area contributed by atoms with Crippen molar-refractivity contribution in [3.63, 3.8) is 0 Å². The summed E-state index contributed by atoms with van der Waals surface area (Å²) in [4.78, 5) is 6.57. The van der Waals surface area contributed by atoms with E-state index >= 15 is 0 Å². The lowest BCUT2D eigenvalue weighted by Crippen LogP contribution is -2.26. The van der Waals surface area contributed by atoms with Crippen LogP contribution >= 0.6 is 0 Å². The second-order valence-corrected chi connectivity index (χ2v) is 5.51. The summed E-state index contributed by atoms with van der Waals surface area (Å²) in [6.45, 7) is 3.01. The van der Waals surface area contributed by atoms with E-state index in [4.69, 9.17) is 11.1 Å². The second kappa shape index (κ2) is 6.06. The summed E-state index contributed by atoms with van der Waals surface area (Å²) < 4.78 is 0. The maximum atomic E-state index is 7.48. The summed E-state index contributed by atoms with van der Waals surface area (Å²) in [5, 5.41) is 7.48. The molecule has 1 aliphatic rings. The maximum absolute atomic E-state index is 7.48. The van der Waals surface area contributed by atoms with Crippen LogP contribution in [0, 0.1) is 5.41 Å². The summed E-state index contributed by atoms with van der Waals surface area (Å²) in [7, 11) is 0. The van der Waals surface area contributed by atoms with E-state index in [1.54, 1.807) is 6.20 Å². The van der Waals surface area contributed by atoms with Crippen molar-refractivity contribution in [2.75, 3.05) is 13.1 Å². The Morgan fingerprint density at radius 2 is 1.81 bits per heavy atom. The number of nitrogens with zero attached hydrogens (tertiary/aromatic N) is 2. The zero-order valence-electron chi connectivity index (χ0n) is 12.0. The van der Waals surface area contributed by atoms with Crippen LogP contribution in [0.4, 0.5) is 0 Å². The number of nitrogens with two attached hydrogens (primary N) is 1. The molecule has 1 aliphatic heterocycles. The minimum absolute atomic E-state index is 0.0279. The van der Waals surface area contributed by atoms with Crippen molar-refractivity contribution in [2.24, 2.45) is 5.73 Å². The van der Waals surface area contributed by atoms with Gasteiger partial charge in [-0.2, -0.15) is 0 Å². The van der Waals surface area contributed by atoms with Gasteiger partial charge in [-0.25, -0.2) is 0 Å². The molecule has 3 N–H and O–H groups in total. The van der Waals surface area contributed by atoms with Crippen LogP contribution in [-0.2, 0) is 19.4 Å². The molecule has 0 aliphatic carbocycles. The Labute approximate surface area is 125 Å². The van der Waals surface area contributed by atoms with Crippen LogP contribution in [0.25, 0.3) is 0 Å². The van der Waals surface area contributed by atoms with Crippen molar-refractivity contribution in [2.45, 2.75) is 19.4 Å². The number of nitrogens with one attached hydrogen (secondary N) is 1. The maximum Gasteiger partial charge on any atom is 0.141 e. The van der Waals surface area contributed by atoms with E-state index in [-0.39, 0.29) is 5.84 Å². The lowest BCUT2D eigenvalue weighted by Gasteiger charge is -2.19. The number of aromatic nitrogens is 1. The molecule has 0 saturated carbocycles. The number of hydrogen-bond donors (Lipinski definition) is 2. The average Bonchev–Trinajstić information content (AvgIpc) is 2.70. The number of fused-ring (bicyclic) bond motifs is 1. The zero-order valence-corrected chi connectivity index (χ0v) is 12.0. The first-order chi connectivity index (χ1) is 10.2. The molecule has 0 bridgehead atoms. The van der Waals surface area contributed by atoms with Crippen LogP contribution in [0.3, 0.4) is 0 Å². The number of rotatable bonds is 3. The van der Waals surface area contributed by atoms with Crippen molar-refractivity contribution in [3.8, 4) is 0 Å². The summed E-state index contributed by atoms with van der Waals surface area (Å²) >= 11 is 0. The fourth-order valence-electron chi connectivity index (χ4n) is 2.85. The van der Waals surface area contributed by atoms with Gasteiger partial charge in [-0.05, 0) is 41.7 Å². The lowest BCUT2D eigenvalue weighted by molar-refractivity contribution is 0.279. The van der Waals surface area contributed by atoms with Crippen LogP contribution in [-0.4, -0.2) is 28.8 Å². The molecule has 2 heterocycles. The van der Waals surface area contributed by atoms with Crippen molar-refractivity contribution >= 4 is 5.84 Å². The fraction of sp³-hybridized carbons (Fsp3) is 0.294. The monoisotopic (exact) mass is 280 g/mol. The third-order valence-electron chi connectivity index (χ3n) is 4.02. The first-order valence-electron chi connectivity index (χ1n) is 7.31. The van der Waals surface area contributed by atoms with E-state index in [9.17, 15) is 0 Å². The fourth-order valence-corrected chi connectivity index (χ4v) is 2.85. The van der Waals surface area contributed by atoms with Gasteiger partial charge in [-0.3, -0.25) is 15.3 Å². The van der Waals surface area contributed by atoms with Gasteiger partial charge in [0.15, 0.2) is 0 Å². The summed E-state index contributed by atoms with van der Waals surface area (Å²) in [5.41, 5.74) is 10.2.